The summed E-state index contributed by atoms with van der Waals surface area (Å²) in [6, 6.07) is 0. The van der Waals surface area contributed by atoms with E-state index >= 15 is 0 Å². The molecule has 1 saturated heterocycles. The van der Waals surface area contributed by atoms with Crippen molar-refractivity contribution in [3.05, 3.63) is 43.2 Å². The third-order valence-electron chi connectivity index (χ3n) is 9.27. The molecule has 1 fully saturated rings. The van der Waals surface area contributed by atoms with E-state index in [1.54, 1.807) is 6.92 Å². The Morgan fingerprint density at radius 2 is 1.55 bits per heavy atom. The molecule has 1 aromatic rings. The van der Waals surface area contributed by atoms with Crippen molar-refractivity contribution in [1.82, 2.24) is 9.13 Å². The number of aromatic nitrogens is 2. The first kappa shape index (κ1) is 33.0. The molecule has 40 heavy (non-hydrogen) atoms. The van der Waals surface area contributed by atoms with Gasteiger partial charge in [-0.05, 0) is 50.1 Å². The van der Waals surface area contributed by atoms with Crippen LogP contribution in [0.15, 0.2) is 26.4 Å². The maximum Gasteiger partial charge on any atom is 0.332 e. The highest BCUT2D eigenvalue weighted by Crippen LogP contribution is 2.53. The Kier molecular flexibility index (Phi) is 8.26. The highest BCUT2D eigenvalue weighted by Gasteiger charge is 2.68. The lowest BCUT2D eigenvalue weighted by Gasteiger charge is -2.43. The van der Waals surface area contributed by atoms with Crippen LogP contribution in [0.1, 0.15) is 60.3 Å². The normalized spacial score (nSPS) is 27.7. The number of hydrogen-bond acceptors (Lipinski definition) is 9. The first-order valence-corrected chi connectivity index (χ1v) is 20.7. The highest BCUT2D eigenvalue weighted by atomic mass is 32.2. The second-order valence-corrected chi connectivity index (χ2v) is 25.3. The smallest absolute Gasteiger partial charge is 0.332 e. The van der Waals surface area contributed by atoms with Crippen molar-refractivity contribution >= 4 is 26.8 Å². The van der Waals surface area contributed by atoms with E-state index < -0.39 is 62.0 Å². The zero-order valence-electron chi connectivity index (χ0n) is 26.2. The van der Waals surface area contributed by atoms with Gasteiger partial charge in [-0.2, -0.15) is 8.42 Å². The van der Waals surface area contributed by atoms with Crippen molar-refractivity contribution in [2.45, 2.75) is 116 Å². The van der Waals surface area contributed by atoms with E-state index in [2.05, 4.69) is 33.9 Å². The first-order chi connectivity index (χ1) is 17.8. The van der Waals surface area contributed by atoms with Gasteiger partial charge in [0.2, 0.25) is 0 Å². The third kappa shape index (κ3) is 5.24. The van der Waals surface area contributed by atoms with Crippen LogP contribution >= 0.6 is 0 Å². The van der Waals surface area contributed by atoms with Crippen molar-refractivity contribution in [3.8, 4) is 0 Å². The minimum atomic E-state index is -4.22. The average molecular weight is 618 g/mol. The Hall–Kier alpha value is -1.56. The Labute approximate surface area is 240 Å². The minimum absolute atomic E-state index is 0.0304. The zero-order chi connectivity index (χ0) is 31.0. The van der Waals surface area contributed by atoms with E-state index in [0.717, 1.165) is 4.57 Å². The fourth-order valence-electron chi connectivity index (χ4n) is 4.40. The summed E-state index contributed by atoms with van der Waals surface area (Å²) in [6.07, 6.45) is -1.90. The van der Waals surface area contributed by atoms with Gasteiger partial charge >= 0.3 is 5.69 Å². The van der Waals surface area contributed by atoms with Crippen LogP contribution in [0.4, 0.5) is 0 Å². The second-order valence-electron chi connectivity index (χ2n) is 14.1. The Morgan fingerprint density at radius 3 is 2.00 bits per heavy atom. The second kappa shape index (κ2) is 10.0. The molecule has 2 N–H and O–H groups in total. The standard InChI is InChI=1S/C26H47N3O8SSi2/c1-16-14-29(23(31)28(9)21(16)30)22-20(36-40(12,13)25(6,7)8)26(19(27)17(2)38(32,33)37-26)18(35-22)15-34-39(10,11)24(3,4)5/h14,18,20,22H,15,27H2,1-13H3/t18-,20+,22-,26+/m1/s1. The molecule has 14 heteroatoms. The van der Waals surface area contributed by atoms with Gasteiger partial charge in [-0.25, -0.2) is 8.98 Å². The first-order valence-electron chi connectivity index (χ1n) is 13.5. The van der Waals surface area contributed by atoms with E-state index in [1.165, 1.54) is 24.7 Å². The van der Waals surface area contributed by atoms with Crippen molar-refractivity contribution in [3.63, 3.8) is 0 Å². The molecule has 228 valence electrons. The predicted octanol–water partition coefficient (Wildman–Crippen LogP) is 3.45. The molecule has 11 nitrogen and oxygen atoms in total. The molecule has 0 amide bonds. The topological polar surface area (TPSA) is 141 Å². The fourth-order valence-corrected chi connectivity index (χ4v) is 7.89. The summed E-state index contributed by atoms with van der Waals surface area (Å²) in [4.78, 5) is 25.9. The molecular weight excluding hydrogens is 571 g/mol. The summed E-state index contributed by atoms with van der Waals surface area (Å²) in [5.74, 6) is 0. The van der Waals surface area contributed by atoms with E-state index in [4.69, 9.17) is 23.5 Å². The lowest BCUT2D eigenvalue weighted by atomic mass is 9.88. The van der Waals surface area contributed by atoms with Gasteiger partial charge in [0, 0.05) is 18.8 Å². The number of nitrogens with zero attached hydrogens (tertiary/aromatic N) is 2. The average Bonchev–Trinajstić information content (AvgIpc) is 3.17. The molecule has 3 rings (SSSR count). The van der Waals surface area contributed by atoms with Crippen molar-refractivity contribution < 1.29 is 26.2 Å². The Morgan fingerprint density at radius 1 is 1.02 bits per heavy atom. The molecule has 0 aromatic carbocycles. The van der Waals surface area contributed by atoms with Crippen LogP contribution < -0.4 is 17.0 Å². The number of aryl methyl sites for hydroxylation is 1. The van der Waals surface area contributed by atoms with Crippen molar-refractivity contribution in [1.29, 1.82) is 0 Å². The van der Waals surface area contributed by atoms with Crippen LogP contribution in [0, 0.1) is 6.92 Å². The van der Waals surface area contributed by atoms with Crippen LogP contribution in [0.5, 0.6) is 0 Å². The van der Waals surface area contributed by atoms with Crippen LogP contribution in [0.2, 0.25) is 36.3 Å². The van der Waals surface area contributed by atoms with Crippen LogP contribution in [0.3, 0.4) is 0 Å². The molecule has 0 unspecified atom stereocenters. The number of ether oxygens (including phenoxy) is 1. The summed E-state index contributed by atoms with van der Waals surface area (Å²) in [5.41, 5.74) is 4.06. The number of nitrogens with two attached hydrogens (primary N) is 1. The van der Waals surface area contributed by atoms with E-state index in [-0.39, 0.29) is 27.3 Å². The summed E-state index contributed by atoms with van der Waals surface area (Å²) in [7, 11) is -7.83. The van der Waals surface area contributed by atoms with E-state index in [1.807, 2.05) is 33.9 Å². The maximum atomic E-state index is 13.4. The maximum absolute atomic E-state index is 13.4. The van der Waals surface area contributed by atoms with Crippen LogP contribution in [-0.2, 0) is 34.9 Å². The SMILES string of the molecule is CC1=C(N)[C@@]2(OS1(=O)=O)[C@@H](CO[Si](C)(C)C(C)(C)C)O[C@@H](n1cc(C)c(=O)n(C)c1=O)[C@@H]2O[Si](C)(C)C(C)(C)C. The fraction of sp³-hybridized carbons (Fsp3) is 0.769. The van der Waals surface area contributed by atoms with Gasteiger partial charge in [-0.3, -0.25) is 13.9 Å². The van der Waals surface area contributed by atoms with Crippen molar-refractivity contribution in [2.75, 3.05) is 6.61 Å². The zero-order valence-corrected chi connectivity index (χ0v) is 29.0. The summed E-state index contributed by atoms with van der Waals surface area (Å²) in [6.45, 7) is 23.6. The Bertz CT molecular complexity index is 1430. The van der Waals surface area contributed by atoms with Gasteiger partial charge in [-0.1, -0.05) is 41.5 Å². The van der Waals surface area contributed by atoms with Crippen LogP contribution in [-0.4, -0.2) is 58.6 Å². The van der Waals surface area contributed by atoms with Gasteiger partial charge in [0.1, 0.15) is 12.2 Å². The highest BCUT2D eigenvalue weighted by molar-refractivity contribution is 7.91. The van der Waals surface area contributed by atoms with Gasteiger partial charge in [0.15, 0.2) is 28.5 Å². The molecule has 3 heterocycles. The van der Waals surface area contributed by atoms with Crippen molar-refractivity contribution in [2.24, 2.45) is 12.8 Å². The molecule has 0 radical (unpaired) electrons. The minimum Gasteiger partial charge on any atom is -0.414 e. The quantitative estimate of drug-likeness (QED) is 0.375. The molecule has 1 aromatic heterocycles. The third-order valence-corrected chi connectivity index (χ3v) is 19.7. The van der Waals surface area contributed by atoms with E-state index in [9.17, 15) is 18.0 Å². The van der Waals surface area contributed by atoms with Gasteiger partial charge in [0.25, 0.3) is 15.7 Å². The monoisotopic (exact) mass is 617 g/mol. The molecule has 1 spiro atoms. The van der Waals surface area contributed by atoms with Gasteiger partial charge in [0.05, 0.1) is 17.2 Å². The molecular formula is C26H47N3O8SSi2. The summed E-state index contributed by atoms with van der Waals surface area (Å²) in [5, 5.41) is -0.426. The number of hydrogen-bond donors (Lipinski definition) is 1. The Balaban J connectivity index is 2.32. The predicted molar refractivity (Wildman–Crippen MR) is 159 cm³/mol. The van der Waals surface area contributed by atoms with Gasteiger partial charge < -0.3 is 19.3 Å². The molecule has 2 aliphatic heterocycles. The lowest BCUT2D eigenvalue weighted by molar-refractivity contribution is -0.0566. The number of allylic oxidation sites excluding steroid dienone is 1. The molecule has 0 saturated carbocycles. The summed E-state index contributed by atoms with van der Waals surface area (Å²) >= 11 is 0. The van der Waals surface area contributed by atoms with Gasteiger partial charge in [-0.15, -0.1) is 0 Å². The largest absolute Gasteiger partial charge is 0.414 e. The van der Waals surface area contributed by atoms with Crippen LogP contribution in [0.25, 0.3) is 0 Å². The lowest BCUT2D eigenvalue weighted by Crippen LogP contribution is -2.59. The molecule has 0 bridgehead atoms. The molecule has 0 aliphatic carbocycles. The number of rotatable bonds is 6. The molecule has 2 aliphatic rings. The van der Waals surface area contributed by atoms with E-state index in [0.29, 0.717) is 5.56 Å². The molecule has 4 atom stereocenters. The summed E-state index contributed by atoms with van der Waals surface area (Å²) < 4.78 is 54.6.